The van der Waals surface area contributed by atoms with Gasteiger partial charge in [-0.15, -0.1) is 0 Å². The summed E-state index contributed by atoms with van der Waals surface area (Å²) in [7, 11) is 0. The van der Waals surface area contributed by atoms with Crippen LogP contribution < -0.4 is 16.4 Å². The number of hydrogen-bond acceptors (Lipinski definition) is 3. The highest BCUT2D eigenvalue weighted by molar-refractivity contribution is 5.89. The average molecular weight is 403 g/mol. The molecule has 2 amide bonds. The Kier molecular flexibility index (Phi) is 7.19. The summed E-state index contributed by atoms with van der Waals surface area (Å²) in [5, 5.41) is 14.6. The molecule has 0 aromatic heterocycles. The molecule has 3 aromatic rings. The van der Waals surface area contributed by atoms with Gasteiger partial charge in [-0.05, 0) is 35.2 Å². The summed E-state index contributed by atoms with van der Waals surface area (Å²) in [6, 6.07) is 25.8. The first-order valence-corrected chi connectivity index (χ1v) is 9.75. The molecule has 5 N–H and O–H groups in total. The van der Waals surface area contributed by atoms with Crippen LogP contribution >= 0.6 is 0 Å². The molecule has 0 aliphatic rings. The van der Waals surface area contributed by atoms with Crippen molar-refractivity contribution in [3.8, 4) is 0 Å². The summed E-state index contributed by atoms with van der Waals surface area (Å²) in [5.41, 5.74) is 9.22. The Morgan fingerprint density at radius 2 is 1.37 bits per heavy atom. The molecule has 0 spiro atoms. The van der Waals surface area contributed by atoms with Crippen molar-refractivity contribution in [3.05, 3.63) is 102 Å². The fourth-order valence-electron chi connectivity index (χ4n) is 3.23. The first kappa shape index (κ1) is 21.1. The Morgan fingerprint density at radius 1 is 0.833 bits per heavy atom. The minimum atomic E-state index is -1.04. The normalized spacial score (nSPS) is 11.7. The number of benzene rings is 3. The van der Waals surface area contributed by atoms with E-state index in [0.29, 0.717) is 12.2 Å². The fraction of sp³-hybridized carbons (Fsp3) is 0.167. The molecule has 6 heteroatoms. The minimum Gasteiger partial charge on any atom is -0.480 e. The summed E-state index contributed by atoms with van der Waals surface area (Å²) < 4.78 is 0. The minimum absolute atomic E-state index is 0.0398. The highest BCUT2D eigenvalue weighted by Gasteiger charge is 2.15. The molecule has 0 bridgehead atoms. The predicted octanol–water partition coefficient (Wildman–Crippen LogP) is 3.59. The van der Waals surface area contributed by atoms with Gasteiger partial charge in [-0.25, -0.2) is 4.79 Å². The van der Waals surface area contributed by atoms with Crippen molar-refractivity contribution in [3.63, 3.8) is 0 Å². The van der Waals surface area contributed by atoms with E-state index in [2.05, 4.69) is 34.9 Å². The molecule has 0 heterocycles. The number of hydrogen-bond donors (Lipinski definition) is 4. The van der Waals surface area contributed by atoms with Crippen LogP contribution in [-0.2, 0) is 11.2 Å². The van der Waals surface area contributed by atoms with Gasteiger partial charge in [0.2, 0.25) is 0 Å². The third kappa shape index (κ3) is 5.93. The highest BCUT2D eigenvalue weighted by Crippen LogP contribution is 2.23. The lowest BCUT2D eigenvalue weighted by atomic mass is 9.91. The maximum absolute atomic E-state index is 12.4. The quantitative estimate of drug-likeness (QED) is 0.461. The second-order valence-electron chi connectivity index (χ2n) is 7.05. The third-order valence-electron chi connectivity index (χ3n) is 4.86. The van der Waals surface area contributed by atoms with E-state index in [-0.39, 0.29) is 18.4 Å². The molecular weight excluding hydrogens is 378 g/mol. The summed E-state index contributed by atoms with van der Waals surface area (Å²) >= 11 is 0. The van der Waals surface area contributed by atoms with Crippen LogP contribution in [0.25, 0.3) is 0 Å². The first-order chi connectivity index (χ1) is 14.5. The Bertz CT molecular complexity index is 921. The summed E-state index contributed by atoms with van der Waals surface area (Å²) in [6.45, 7) is 0.450. The number of carboxylic acid groups (broad SMARTS) is 1. The van der Waals surface area contributed by atoms with Crippen LogP contribution in [0.1, 0.15) is 22.6 Å². The number of urea groups is 1. The number of nitrogens with one attached hydrogen (secondary N) is 2. The highest BCUT2D eigenvalue weighted by atomic mass is 16.4. The smallest absolute Gasteiger partial charge is 0.320 e. The monoisotopic (exact) mass is 403 g/mol. The number of anilines is 1. The molecule has 1 atom stereocenters. The summed E-state index contributed by atoms with van der Waals surface area (Å²) in [6.07, 6.45) is 0.234. The maximum Gasteiger partial charge on any atom is 0.320 e. The molecule has 3 rings (SSSR count). The molecule has 3 aromatic carbocycles. The molecule has 30 heavy (non-hydrogen) atoms. The Morgan fingerprint density at radius 3 is 1.87 bits per heavy atom. The molecule has 0 aliphatic carbocycles. The Hall–Kier alpha value is -3.64. The number of carbonyl (C=O) groups excluding carboxylic acids is 1. The zero-order chi connectivity index (χ0) is 21.3. The first-order valence-electron chi connectivity index (χ1n) is 9.75. The van der Waals surface area contributed by atoms with Gasteiger partial charge in [0.1, 0.15) is 6.04 Å². The molecule has 154 valence electrons. The van der Waals surface area contributed by atoms with Crippen LogP contribution in [0.2, 0.25) is 0 Å². The van der Waals surface area contributed by atoms with Crippen LogP contribution in [0.5, 0.6) is 0 Å². The topological polar surface area (TPSA) is 104 Å². The van der Waals surface area contributed by atoms with Gasteiger partial charge in [0.25, 0.3) is 0 Å². The van der Waals surface area contributed by atoms with E-state index in [1.165, 1.54) is 0 Å². The van der Waals surface area contributed by atoms with E-state index in [1.54, 1.807) is 24.3 Å². The van der Waals surface area contributed by atoms with Crippen LogP contribution in [0.3, 0.4) is 0 Å². The number of carboxylic acids is 1. The third-order valence-corrected chi connectivity index (χ3v) is 4.86. The van der Waals surface area contributed by atoms with Crippen molar-refractivity contribution >= 4 is 17.7 Å². The standard InChI is InChI=1S/C24H25N3O3/c25-22(23(28)29)15-17-11-13-20(14-12-17)27-24(30)26-16-21(18-7-3-1-4-8-18)19-9-5-2-6-10-19/h1-14,21-22H,15-16,25H2,(H,28,29)(H2,26,27,30). The lowest BCUT2D eigenvalue weighted by Crippen LogP contribution is -2.33. The van der Waals surface area contributed by atoms with Crippen molar-refractivity contribution in [2.75, 3.05) is 11.9 Å². The van der Waals surface area contributed by atoms with Gasteiger partial charge in [-0.3, -0.25) is 4.79 Å². The van der Waals surface area contributed by atoms with E-state index < -0.39 is 12.0 Å². The van der Waals surface area contributed by atoms with Crippen molar-refractivity contribution in [1.82, 2.24) is 5.32 Å². The van der Waals surface area contributed by atoms with E-state index in [9.17, 15) is 9.59 Å². The van der Waals surface area contributed by atoms with Crippen molar-refractivity contribution in [2.24, 2.45) is 5.73 Å². The second kappa shape index (κ2) is 10.2. The predicted molar refractivity (Wildman–Crippen MR) is 118 cm³/mol. The number of aliphatic carboxylic acids is 1. The lowest BCUT2D eigenvalue weighted by molar-refractivity contribution is -0.138. The van der Waals surface area contributed by atoms with Gasteiger partial charge in [-0.1, -0.05) is 72.8 Å². The average Bonchev–Trinajstić information content (AvgIpc) is 2.76. The second-order valence-corrected chi connectivity index (χ2v) is 7.05. The van der Waals surface area contributed by atoms with Crippen LogP contribution in [0.4, 0.5) is 10.5 Å². The molecule has 0 radical (unpaired) electrons. The number of carbonyl (C=O) groups is 2. The molecule has 0 aliphatic heterocycles. The van der Waals surface area contributed by atoms with Gasteiger partial charge < -0.3 is 21.5 Å². The van der Waals surface area contributed by atoms with Gasteiger partial charge in [-0.2, -0.15) is 0 Å². The van der Waals surface area contributed by atoms with Crippen molar-refractivity contribution in [1.29, 1.82) is 0 Å². The maximum atomic E-state index is 12.4. The lowest BCUT2D eigenvalue weighted by Gasteiger charge is -2.19. The summed E-state index contributed by atoms with van der Waals surface area (Å²) in [4.78, 5) is 23.3. The van der Waals surface area contributed by atoms with Gasteiger partial charge in [0.15, 0.2) is 0 Å². The molecule has 0 saturated carbocycles. The molecule has 0 saturated heterocycles. The van der Waals surface area contributed by atoms with E-state index in [0.717, 1.165) is 16.7 Å². The van der Waals surface area contributed by atoms with E-state index >= 15 is 0 Å². The van der Waals surface area contributed by atoms with Crippen molar-refractivity contribution in [2.45, 2.75) is 18.4 Å². The zero-order valence-electron chi connectivity index (χ0n) is 16.5. The molecule has 0 fully saturated rings. The number of nitrogens with two attached hydrogens (primary N) is 1. The van der Waals surface area contributed by atoms with Gasteiger partial charge >= 0.3 is 12.0 Å². The number of rotatable bonds is 8. The van der Waals surface area contributed by atoms with Crippen molar-refractivity contribution < 1.29 is 14.7 Å². The Labute approximate surface area is 175 Å². The fourth-order valence-corrected chi connectivity index (χ4v) is 3.23. The molecule has 1 unspecified atom stereocenters. The van der Waals surface area contributed by atoms with Gasteiger partial charge in [0.05, 0.1) is 0 Å². The molecular formula is C24H25N3O3. The van der Waals surface area contributed by atoms with E-state index in [1.807, 2.05) is 36.4 Å². The SMILES string of the molecule is NC(Cc1ccc(NC(=O)NCC(c2ccccc2)c2ccccc2)cc1)C(=O)O. The Balaban J connectivity index is 1.60. The number of amides is 2. The van der Waals surface area contributed by atoms with Crippen LogP contribution in [-0.4, -0.2) is 29.7 Å². The summed E-state index contributed by atoms with van der Waals surface area (Å²) in [5.74, 6) is -0.999. The zero-order valence-corrected chi connectivity index (χ0v) is 16.5. The largest absolute Gasteiger partial charge is 0.480 e. The van der Waals surface area contributed by atoms with Gasteiger partial charge in [0, 0.05) is 18.2 Å². The van der Waals surface area contributed by atoms with E-state index in [4.69, 9.17) is 10.8 Å². The van der Waals surface area contributed by atoms with Crippen LogP contribution in [0.15, 0.2) is 84.9 Å². The van der Waals surface area contributed by atoms with Crippen LogP contribution in [0, 0.1) is 0 Å². The molecule has 6 nitrogen and oxygen atoms in total.